The van der Waals surface area contributed by atoms with Crippen molar-refractivity contribution >= 4 is 38.3 Å². The summed E-state index contributed by atoms with van der Waals surface area (Å²) in [6.07, 6.45) is 5.26. The number of hydrogen-bond donors (Lipinski definition) is 1. The van der Waals surface area contributed by atoms with Crippen molar-refractivity contribution in [3.63, 3.8) is 0 Å². The number of nitrogens with one attached hydrogen (secondary N) is 1. The van der Waals surface area contributed by atoms with Crippen LogP contribution in [0.4, 0.5) is 15.2 Å². The van der Waals surface area contributed by atoms with Crippen LogP contribution in [0.2, 0.25) is 0 Å². The largest absolute Gasteiger partial charge is 0.347 e. The van der Waals surface area contributed by atoms with Gasteiger partial charge in [-0.15, -0.1) is 0 Å². The lowest BCUT2D eigenvalue weighted by molar-refractivity contribution is -0.120. The van der Waals surface area contributed by atoms with Crippen molar-refractivity contribution in [1.82, 2.24) is 4.98 Å². The van der Waals surface area contributed by atoms with Crippen LogP contribution in [0.3, 0.4) is 0 Å². The minimum Gasteiger partial charge on any atom is -0.347 e. The van der Waals surface area contributed by atoms with Crippen molar-refractivity contribution < 1.29 is 9.18 Å². The molecule has 1 aromatic heterocycles. The van der Waals surface area contributed by atoms with Gasteiger partial charge in [-0.1, -0.05) is 36.8 Å². The van der Waals surface area contributed by atoms with Crippen LogP contribution >= 0.6 is 11.3 Å². The average Bonchev–Trinajstić information content (AvgIpc) is 3.16. The molecule has 0 bridgehead atoms. The lowest BCUT2D eigenvalue weighted by atomic mass is 9.97. The number of benzene rings is 2. The van der Waals surface area contributed by atoms with Crippen LogP contribution in [0.1, 0.15) is 38.2 Å². The van der Waals surface area contributed by atoms with E-state index in [1.807, 2.05) is 12.1 Å². The third-order valence-electron chi connectivity index (χ3n) is 5.44. The number of thiazole rings is 1. The summed E-state index contributed by atoms with van der Waals surface area (Å²) in [6.45, 7) is 3.70. The number of hydrogen-bond acceptors (Lipinski definition) is 4. The average molecular weight is 412 g/mol. The highest BCUT2D eigenvalue weighted by Crippen LogP contribution is 2.32. The second-order valence-corrected chi connectivity index (χ2v) is 8.69. The summed E-state index contributed by atoms with van der Waals surface area (Å²) >= 11 is 1.49. The molecule has 1 fully saturated rings. The van der Waals surface area contributed by atoms with Crippen molar-refractivity contribution in [2.45, 2.75) is 39.0 Å². The molecular formula is C23H26FN3OS. The van der Waals surface area contributed by atoms with Crippen molar-refractivity contribution in [3.8, 4) is 0 Å². The summed E-state index contributed by atoms with van der Waals surface area (Å²) in [7, 11) is 0. The van der Waals surface area contributed by atoms with Crippen LogP contribution in [0.5, 0.6) is 0 Å². The maximum atomic E-state index is 13.5. The van der Waals surface area contributed by atoms with E-state index in [1.54, 1.807) is 6.07 Å². The van der Waals surface area contributed by atoms with Gasteiger partial charge in [0, 0.05) is 18.8 Å². The zero-order valence-electron chi connectivity index (χ0n) is 16.7. The quantitative estimate of drug-likeness (QED) is 0.571. The molecule has 0 radical (unpaired) electrons. The van der Waals surface area contributed by atoms with Gasteiger partial charge < -0.3 is 10.2 Å². The van der Waals surface area contributed by atoms with Gasteiger partial charge in [-0.3, -0.25) is 4.79 Å². The molecule has 3 aromatic rings. The van der Waals surface area contributed by atoms with Gasteiger partial charge in [0.2, 0.25) is 5.91 Å². The molecule has 152 valence electrons. The second kappa shape index (κ2) is 8.91. The zero-order chi connectivity index (χ0) is 20.2. The monoisotopic (exact) mass is 411 g/mol. The number of carbonyl (C=O) groups excluding carboxylic acids is 1. The molecule has 1 amide bonds. The lowest BCUT2D eigenvalue weighted by Gasteiger charge is -2.31. The number of carbonyl (C=O) groups is 1. The summed E-state index contributed by atoms with van der Waals surface area (Å²) < 4.78 is 14.3. The number of amides is 1. The molecule has 1 atom stereocenters. The van der Waals surface area contributed by atoms with Crippen molar-refractivity contribution in [2.75, 3.05) is 23.3 Å². The van der Waals surface area contributed by atoms with Gasteiger partial charge >= 0.3 is 0 Å². The molecule has 2 aromatic carbocycles. The number of unbranched alkanes of at least 4 members (excludes halogenated alkanes) is 1. The smallest absolute Gasteiger partial charge is 0.229 e. The van der Waals surface area contributed by atoms with E-state index in [0.29, 0.717) is 6.54 Å². The fourth-order valence-electron chi connectivity index (χ4n) is 3.77. The summed E-state index contributed by atoms with van der Waals surface area (Å²) in [5.41, 5.74) is 2.96. The molecule has 4 rings (SSSR count). The predicted octanol–water partition coefficient (Wildman–Crippen LogP) is 5.63. The van der Waals surface area contributed by atoms with E-state index >= 15 is 0 Å². The van der Waals surface area contributed by atoms with E-state index in [4.69, 9.17) is 0 Å². The van der Waals surface area contributed by atoms with Crippen molar-refractivity contribution in [2.24, 2.45) is 5.92 Å². The van der Waals surface area contributed by atoms with Gasteiger partial charge in [0.1, 0.15) is 5.82 Å². The Morgan fingerprint density at radius 3 is 2.90 bits per heavy atom. The third kappa shape index (κ3) is 4.75. The van der Waals surface area contributed by atoms with Crippen LogP contribution in [-0.2, 0) is 11.2 Å². The minimum absolute atomic E-state index is 0.0585. The summed E-state index contributed by atoms with van der Waals surface area (Å²) in [6, 6.07) is 12.8. The van der Waals surface area contributed by atoms with E-state index in [-0.39, 0.29) is 17.6 Å². The number of halogens is 1. The molecule has 6 heteroatoms. The number of anilines is 2. The first-order valence-corrected chi connectivity index (χ1v) is 11.1. The van der Waals surface area contributed by atoms with Crippen LogP contribution in [0, 0.1) is 11.7 Å². The third-order valence-corrected chi connectivity index (χ3v) is 6.52. The molecule has 0 saturated carbocycles. The Labute approximate surface area is 174 Å². The van der Waals surface area contributed by atoms with E-state index in [9.17, 15) is 9.18 Å². The molecule has 1 unspecified atom stereocenters. The van der Waals surface area contributed by atoms with Gasteiger partial charge in [-0.25, -0.2) is 9.37 Å². The van der Waals surface area contributed by atoms with E-state index in [1.165, 1.54) is 41.9 Å². The molecule has 0 spiro atoms. The molecule has 1 saturated heterocycles. The Hall–Kier alpha value is -2.47. The molecule has 4 nitrogen and oxygen atoms in total. The highest BCUT2D eigenvalue weighted by atomic mass is 32.1. The van der Waals surface area contributed by atoms with Gasteiger partial charge in [0.25, 0.3) is 0 Å². The summed E-state index contributed by atoms with van der Waals surface area (Å²) in [5, 5.41) is 3.93. The molecule has 29 heavy (non-hydrogen) atoms. The van der Waals surface area contributed by atoms with Crippen LogP contribution in [-0.4, -0.2) is 24.0 Å². The Morgan fingerprint density at radius 2 is 2.10 bits per heavy atom. The molecule has 1 aliphatic heterocycles. The van der Waals surface area contributed by atoms with E-state index < -0.39 is 0 Å². The lowest BCUT2D eigenvalue weighted by Crippen LogP contribution is -2.40. The van der Waals surface area contributed by atoms with Crippen molar-refractivity contribution in [3.05, 3.63) is 53.8 Å². The Morgan fingerprint density at radius 1 is 1.28 bits per heavy atom. The predicted molar refractivity (Wildman–Crippen MR) is 118 cm³/mol. The van der Waals surface area contributed by atoms with E-state index in [2.05, 4.69) is 34.3 Å². The standard InChI is InChI=1S/C23H26FN3OS/c1-2-3-5-16-7-10-19(11-8-16)25-22(28)17-6-4-13-27(15-17)23-26-20-12-9-18(24)14-21(20)29-23/h7-12,14,17H,2-6,13,15H2,1H3,(H,25,28). The first-order chi connectivity index (χ1) is 14.1. The normalized spacial score (nSPS) is 16.9. The van der Waals surface area contributed by atoms with Gasteiger partial charge in [0.15, 0.2) is 5.13 Å². The molecular weight excluding hydrogens is 385 g/mol. The fourth-order valence-corrected chi connectivity index (χ4v) is 4.79. The first kappa shape index (κ1) is 19.8. The number of aryl methyl sites for hydroxylation is 1. The first-order valence-electron chi connectivity index (χ1n) is 10.3. The van der Waals surface area contributed by atoms with Gasteiger partial charge in [0.05, 0.1) is 16.1 Å². The fraction of sp³-hybridized carbons (Fsp3) is 0.391. The highest BCUT2D eigenvalue weighted by molar-refractivity contribution is 7.22. The molecule has 2 heterocycles. The van der Waals surface area contributed by atoms with Crippen LogP contribution in [0.25, 0.3) is 10.2 Å². The highest BCUT2D eigenvalue weighted by Gasteiger charge is 2.27. The number of aromatic nitrogens is 1. The number of fused-ring (bicyclic) bond motifs is 1. The zero-order valence-corrected chi connectivity index (χ0v) is 17.5. The SMILES string of the molecule is CCCCc1ccc(NC(=O)C2CCCN(c3nc4ccc(F)cc4s3)C2)cc1. The van der Waals surface area contributed by atoms with E-state index in [0.717, 1.165) is 46.8 Å². The summed E-state index contributed by atoms with van der Waals surface area (Å²) in [5.74, 6) is -0.264. The van der Waals surface area contributed by atoms with Crippen LogP contribution in [0.15, 0.2) is 42.5 Å². The minimum atomic E-state index is -0.246. The topological polar surface area (TPSA) is 45.2 Å². The Balaban J connectivity index is 1.40. The number of rotatable bonds is 6. The molecule has 1 aliphatic rings. The van der Waals surface area contributed by atoms with Gasteiger partial charge in [-0.05, 0) is 61.6 Å². The Bertz CT molecular complexity index is 985. The molecule has 0 aliphatic carbocycles. The second-order valence-electron chi connectivity index (χ2n) is 7.68. The Kier molecular flexibility index (Phi) is 6.09. The van der Waals surface area contributed by atoms with Crippen LogP contribution < -0.4 is 10.2 Å². The number of piperidine rings is 1. The van der Waals surface area contributed by atoms with Gasteiger partial charge in [-0.2, -0.15) is 0 Å². The number of nitrogens with zero attached hydrogens (tertiary/aromatic N) is 2. The maximum Gasteiger partial charge on any atom is 0.229 e. The van der Waals surface area contributed by atoms with Crippen molar-refractivity contribution in [1.29, 1.82) is 0 Å². The molecule has 1 N–H and O–H groups in total. The summed E-state index contributed by atoms with van der Waals surface area (Å²) in [4.78, 5) is 19.6. The maximum absolute atomic E-state index is 13.5.